The molecule has 3 aliphatic rings. The third-order valence-electron chi connectivity index (χ3n) is 7.63. The largest absolute Gasteiger partial charge is 0.497 e. The highest BCUT2D eigenvalue weighted by Gasteiger charge is 2.49. The molecule has 6 nitrogen and oxygen atoms in total. The molecule has 2 atom stereocenters. The number of ether oxygens (including phenoxy) is 2. The van der Waals surface area contributed by atoms with Gasteiger partial charge in [-0.2, -0.15) is 0 Å². The van der Waals surface area contributed by atoms with E-state index in [4.69, 9.17) is 9.47 Å². The average Bonchev–Trinajstić information content (AvgIpc) is 2.93. The summed E-state index contributed by atoms with van der Waals surface area (Å²) in [4.78, 5) is 26.6. The second-order valence-electron chi connectivity index (χ2n) is 9.95. The number of hydrogen-bond acceptors (Lipinski definition) is 5. The molecule has 1 N–H and O–H groups in total. The number of nitrogens with one attached hydrogen (secondary N) is 1. The normalized spacial score (nSPS) is 23.5. The van der Waals surface area contributed by atoms with Crippen LogP contribution in [0.2, 0.25) is 0 Å². The SMILES string of the molecule is COc1cccc(NC(C(=O)OC2C[N+]3(CC(=O)c4ccccc4)CCC2CC3)c2ccccc2)c1. The quantitative estimate of drug-likeness (QED) is 0.266. The molecule has 2 bridgehead atoms. The van der Waals surface area contributed by atoms with Gasteiger partial charge in [-0.25, -0.2) is 4.79 Å². The first-order valence-corrected chi connectivity index (χ1v) is 12.6. The van der Waals surface area contributed by atoms with Gasteiger partial charge < -0.3 is 19.3 Å². The van der Waals surface area contributed by atoms with Crippen LogP contribution in [0.1, 0.15) is 34.8 Å². The van der Waals surface area contributed by atoms with E-state index in [1.165, 1.54) is 0 Å². The second-order valence-corrected chi connectivity index (χ2v) is 9.95. The Morgan fingerprint density at radius 1 is 0.944 bits per heavy atom. The molecule has 2 unspecified atom stereocenters. The summed E-state index contributed by atoms with van der Waals surface area (Å²) in [6.07, 6.45) is 1.75. The first-order valence-electron chi connectivity index (χ1n) is 12.6. The van der Waals surface area contributed by atoms with Gasteiger partial charge >= 0.3 is 5.97 Å². The topological polar surface area (TPSA) is 64.6 Å². The molecule has 3 saturated heterocycles. The van der Waals surface area contributed by atoms with Gasteiger partial charge in [-0.15, -0.1) is 0 Å². The van der Waals surface area contributed by atoms with Crippen molar-refractivity contribution >= 4 is 17.4 Å². The molecule has 3 aromatic rings. The zero-order valence-electron chi connectivity index (χ0n) is 20.6. The number of esters is 1. The number of carbonyl (C=O) groups excluding carboxylic acids is 2. The van der Waals surface area contributed by atoms with Crippen molar-refractivity contribution in [2.24, 2.45) is 5.92 Å². The van der Waals surface area contributed by atoms with Gasteiger partial charge in [-0.1, -0.05) is 66.7 Å². The lowest BCUT2D eigenvalue weighted by molar-refractivity contribution is -0.938. The Hall–Kier alpha value is -3.64. The number of benzene rings is 3. The zero-order chi connectivity index (χ0) is 25.0. The van der Waals surface area contributed by atoms with Crippen molar-refractivity contribution in [1.29, 1.82) is 0 Å². The summed E-state index contributed by atoms with van der Waals surface area (Å²) in [5.41, 5.74) is 2.37. The zero-order valence-corrected chi connectivity index (χ0v) is 20.6. The Labute approximate surface area is 212 Å². The lowest BCUT2D eigenvalue weighted by Crippen LogP contribution is -2.65. The maximum absolute atomic E-state index is 13.6. The molecule has 3 heterocycles. The minimum Gasteiger partial charge on any atom is -0.497 e. The Balaban J connectivity index is 1.32. The summed E-state index contributed by atoms with van der Waals surface area (Å²) in [5, 5.41) is 3.35. The Bertz CT molecular complexity index is 1190. The number of piperidine rings is 3. The molecule has 6 rings (SSSR count). The lowest BCUT2D eigenvalue weighted by Gasteiger charge is -2.51. The highest BCUT2D eigenvalue weighted by atomic mass is 16.5. The Morgan fingerprint density at radius 3 is 2.33 bits per heavy atom. The van der Waals surface area contributed by atoms with E-state index in [9.17, 15) is 9.59 Å². The van der Waals surface area contributed by atoms with Crippen LogP contribution in [0.5, 0.6) is 5.75 Å². The van der Waals surface area contributed by atoms with Crippen LogP contribution in [0.3, 0.4) is 0 Å². The van der Waals surface area contributed by atoms with E-state index in [1.54, 1.807) is 7.11 Å². The van der Waals surface area contributed by atoms with Crippen LogP contribution < -0.4 is 10.1 Å². The van der Waals surface area contributed by atoms with E-state index in [1.807, 2.05) is 84.9 Å². The maximum atomic E-state index is 13.6. The molecule has 3 aliphatic heterocycles. The van der Waals surface area contributed by atoms with Crippen molar-refractivity contribution in [3.8, 4) is 5.75 Å². The van der Waals surface area contributed by atoms with Crippen LogP contribution in [-0.2, 0) is 9.53 Å². The molecule has 3 aromatic carbocycles. The van der Waals surface area contributed by atoms with E-state index in [0.717, 1.165) is 42.7 Å². The van der Waals surface area contributed by atoms with Gasteiger partial charge in [0, 0.05) is 36.1 Å². The summed E-state index contributed by atoms with van der Waals surface area (Å²) in [6, 6.07) is 26.0. The van der Waals surface area contributed by atoms with Gasteiger partial charge in [0.25, 0.3) is 0 Å². The molecule has 0 aliphatic carbocycles. The van der Waals surface area contributed by atoms with Gasteiger partial charge in [0.2, 0.25) is 5.78 Å². The molecule has 0 aromatic heterocycles. The fourth-order valence-electron chi connectivity index (χ4n) is 5.62. The Morgan fingerprint density at radius 2 is 1.64 bits per heavy atom. The van der Waals surface area contributed by atoms with E-state index in [2.05, 4.69) is 5.32 Å². The third kappa shape index (κ3) is 5.29. The van der Waals surface area contributed by atoms with Crippen LogP contribution in [0.15, 0.2) is 84.9 Å². The summed E-state index contributed by atoms with van der Waals surface area (Å²) in [6.45, 7) is 3.06. The molecule has 6 heteroatoms. The smallest absolute Gasteiger partial charge is 0.333 e. The predicted octanol–water partition coefficient (Wildman–Crippen LogP) is 4.88. The number of ketones is 1. The Kier molecular flexibility index (Phi) is 7.05. The predicted molar refractivity (Wildman–Crippen MR) is 139 cm³/mol. The van der Waals surface area contributed by atoms with E-state index in [0.29, 0.717) is 29.2 Å². The van der Waals surface area contributed by atoms with Crippen molar-refractivity contribution in [3.05, 3.63) is 96.1 Å². The van der Waals surface area contributed by atoms with Gasteiger partial charge in [0.05, 0.1) is 20.2 Å². The van der Waals surface area contributed by atoms with Crippen molar-refractivity contribution in [3.63, 3.8) is 0 Å². The number of quaternary nitrogens is 1. The van der Waals surface area contributed by atoms with E-state index < -0.39 is 6.04 Å². The van der Waals surface area contributed by atoms with Gasteiger partial charge in [0.1, 0.15) is 18.8 Å². The van der Waals surface area contributed by atoms with E-state index >= 15 is 0 Å². The van der Waals surface area contributed by atoms with Crippen LogP contribution >= 0.6 is 0 Å². The minimum atomic E-state index is -0.645. The molecule has 36 heavy (non-hydrogen) atoms. The third-order valence-corrected chi connectivity index (χ3v) is 7.63. The van der Waals surface area contributed by atoms with Gasteiger partial charge in [-0.3, -0.25) is 4.79 Å². The van der Waals surface area contributed by atoms with Gasteiger partial charge in [0.15, 0.2) is 12.1 Å². The molecular formula is C30H33N2O4+. The van der Waals surface area contributed by atoms with E-state index in [-0.39, 0.29) is 17.9 Å². The highest BCUT2D eigenvalue weighted by Crippen LogP contribution is 2.37. The number of fused-ring (bicyclic) bond motifs is 3. The first-order chi connectivity index (χ1) is 17.5. The summed E-state index contributed by atoms with van der Waals surface area (Å²) in [5.74, 6) is 0.916. The monoisotopic (exact) mass is 485 g/mol. The molecule has 3 fully saturated rings. The van der Waals surface area contributed by atoms with Crippen LogP contribution in [-0.4, -0.2) is 55.6 Å². The fourth-order valence-corrected chi connectivity index (χ4v) is 5.62. The number of carbonyl (C=O) groups is 2. The number of methoxy groups -OCH3 is 1. The van der Waals surface area contributed by atoms with Crippen molar-refractivity contribution in [2.75, 3.05) is 38.6 Å². The number of anilines is 1. The molecule has 186 valence electrons. The maximum Gasteiger partial charge on any atom is 0.333 e. The molecule has 0 amide bonds. The molecule has 0 radical (unpaired) electrons. The second kappa shape index (κ2) is 10.5. The van der Waals surface area contributed by atoms with Crippen molar-refractivity contribution < 1.29 is 23.5 Å². The van der Waals surface area contributed by atoms with Crippen LogP contribution in [0.25, 0.3) is 0 Å². The highest BCUT2D eigenvalue weighted by molar-refractivity contribution is 5.97. The fraction of sp³-hybridized carbons (Fsp3) is 0.333. The van der Waals surface area contributed by atoms with Crippen molar-refractivity contribution in [2.45, 2.75) is 25.0 Å². The number of Topliss-reactive ketones (excluding diaryl/α,β-unsaturated/α-hetero) is 1. The summed E-state index contributed by atoms with van der Waals surface area (Å²) < 4.78 is 12.3. The number of nitrogens with zero attached hydrogens (tertiary/aromatic N) is 1. The minimum absolute atomic E-state index is 0.155. The summed E-state index contributed by atoms with van der Waals surface area (Å²) >= 11 is 0. The number of rotatable bonds is 9. The molecule has 0 saturated carbocycles. The summed E-state index contributed by atoms with van der Waals surface area (Å²) in [7, 11) is 1.62. The lowest BCUT2D eigenvalue weighted by atomic mass is 9.82. The van der Waals surface area contributed by atoms with Crippen LogP contribution in [0.4, 0.5) is 5.69 Å². The molecule has 0 spiro atoms. The van der Waals surface area contributed by atoms with Crippen LogP contribution in [0, 0.1) is 5.92 Å². The average molecular weight is 486 g/mol. The van der Waals surface area contributed by atoms with Gasteiger partial charge in [-0.05, 0) is 17.7 Å². The number of hydrogen-bond donors (Lipinski definition) is 1. The van der Waals surface area contributed by atoms with Crippen molar-refractivity contribution in [1.82, 2.24) is 0 Å². The first kappa shape index (κ1) is 24.1. The standard InChI is InChI=1S/C30H33N2O4/c1-35-26-14-8-13-25(19-26)31-29(24-11-6-3-7-12-24)30(34)36-28-21-32(17-15-23(28)16-18-32)20-27(33)22-9-4-2-5-10-22/h2-14,19,23,28-29,31H,15-18,20-21H2,1H3/q+1. The molecular weight excluding hydrogens is 452 g/mol.